The minimum Gasteiger partial charge on any atom is -0.497 e. The molecule has 0 saturated carbocycles. The van der Waals surface area contributed by atoms with E-state index in [9.17, 15) is 14.4 Å². The number of furan rings is 1. The first-order valence-corrected chi connectivity index (χ1v) is 12.2. The van der Waals surface area contributed by atoms with Crippen molar-refractivity contribution < 1.29 is 23.5 Å². The first-order chi connectivity index (χ1) is 18.2. The molecule has 3 aromatic heterocycles. The lowest BCUT2D eigenvalue weighted by molar-refractivity contribution is -0.127. The topological polar surface area (TPSA) is 132 Å². The number of hydrogen-bond donors (Lipinski definition) is 2. The van der Waals surface area contributed by atoms with Gasteiger partial charge in [-0.05, 0) is 43.7 Å². The van der Waals surface area contributed by atoms with Gasteiger partial charge < -0.3 is 19.4 Å². The van der Waals surface area contributed by atoms with Gasteiger partial charge in [-0.15, -0.1) is 0 Å². The van der Waals surface area contributed by atoms with Crippen molar-refractivity contribution in [1.29, 1.82) is 0 Å². The highest BCUT2D eigenvalue weighted by Crippen LogP contribution is 2.39. The van der Waals surface area contributed by atoms with Gasteiger partial charge in [0.25, 0.3) is 5.91 Å². The van der Waals surface area contributed by atoms with Crippen LogP contribution in [0.25, 0.3) is 11.1 Å². The summed E-state index contributed by atoms with van der Waals surface area (Å²) < 4.78 is 13.2. The highest BCUT2D eigenvalue weighted by atomic mass is 16.5. The Labute approximate surface area is 217 Å². The number of carbonyl (C=O) groups is 3. The van der Waals surface area contributed by atoms with Crippen LogP contribution in [0.4, 0.5) is 11.5 Å². The van der Waals surface area contributed by atoms with Crippen molar-refractivity contribution in [2.24, 2.45) is 7.05 Å². The zero-order valence-electron chi connectivity index (χ0n) is 21.4. The molecule has 1 atom stereocenters. The number of pyridine rings is 1. The van der Waals surface area contributed by atoms with Gasteiger partial charge in [-0.2, -0.15) is 5.10 Å². The van der Waals surface area contributed by atoms with Crippen LogP contribution in [0.5, 0.6) is 5.75 Å². The first kappa shape index (κ1) is 23.7. The molecular formula is C27H26N6O5. The van der Waals surface area contributed by atoms with Crippen molar-refractivity contribution >= 4 is 40.3 Å². The molecule has 3 amide bonds. The third-order valence-electron chi connectivity index (χ3n) is 7.41. The number of nitrogens with zero attached hydrogens (tertiary/aromatic N) is 4. The molecule has 6 rings (SSSR count). The zero-order valence-corrected chi connectivity index (χ0v) is 21.4. The Balaban J connectivity index is 1.34. The molecule has 38 heavy (non-hydrogen) atoms. The summed E-state index contributed by atoms with van der Waals surface area (Å²) in [5.41, 5.74) is 3.65. The summed E-state index contributed by atoms with van der Waals surface area (Å²) in [6.07, 6.45) is -0.131. The number of benzene rings is 1. The van der Waals surface area contributed by atoms with E-state index < -0.39 is 17.2 Å². The molecule has 0 bridgehead atoms. The van der Waals surface area contributed by atoms with Crippen LogP contribution in [0, 0.1) is 13.8 Å². The Morgan fingerprint density at radius 3 is 2.66 bits per heavy atom. The van der Waals surface area contributed by atoms with Crippen molar-refractivity contribution in [2.75, 3.05) is 19.0 Å². The van der Waals surface area contributed by atoms with Gasteiger partial charge >= 0.3 is 0 Å². The smallest absolute Gasteiger partial charge is 0.254 e. The van der Waals surface area contributed by atoms with E-state index in [1.54, 1.807) is 39.9 Å². The van der Waals surface area contributed by atoms with E-state index in [0.29, 0.717) is 34.8 Å². The molecule has 2 N–H and O–H groups in total. The fourth-order valence-electron chi connectivity index (χ4n) is 5.28. The van der Waals surface area contributed by atoms with E-state index in [2.05, 4.69) is 20.7 Å². The Morgan fingerprint density at radius 1 is 1.16 bits per heavy atom. The van der Waals surface area contributed by atoms with Gasteiger partial charge in [0.15, 0.2) is 5.58 Å². The second kappa shape index (κ2) is 8.44. The number of rotatable bonds is 6. The number of aryl methyl sites for hydroxylation is 2. The van der Waals surface area contributed by atoms with Crippen molar-refractivity contribution in [2.45, 2.75) is 32.2 Å². The van der Waals surface area contributed by atoms with Crippen LogP contribution in [0.1, 0.15) is 39.5 Å². The van der Waals surface area contributed by atoms with Gasteiger partial charge in [-0.3, -0.25) is 24.4 Å². The fraction of sp³-hybridized carbons (Fsp3) is 0.296. The molecule has 2 aliphatic heterocycles. The van der Waals surface area contributed by atoms with Crippen LogP contribution in [-0.2, 0) is 28.6 Å². The third kappa shape index (κ3) is 3.61. The summed E-state index contributed by atoms with van der Waals surface area (Å²) in [4.78, 5) is 45.2. The summed E-state index contributed by atoms with van der Waals surface area (Å²) in [5.74, 6) is 0.307. The lowest BCUT2D eigenvalue weighted by Gasteiger charge is -2.28. The maximum Gasteiger partial charge on any atom is 0.254 e. The maximum atomic E-state index is 13.3. The number of anilines is 2. The first-order valence-electron chi connectivity index (χ1n) is 12.2. The minimum atomic E-state index is -1.37. The number of imide groups is 1. The number of aromatic nitrogens is 3. The molecule has 0 radical (unpaired) electrons. The SMILES string of the molecule is COc1ccc2c(c1)C(=O)N(C[C@@]1(c3cc4nc(Nc5c(C)nn(C)c5C)ccc4o3)CC(=O)NC1=O)C2. The van der Waals surface area contributed by atoms with Gasteiger partial charge in [0.1, 0.15) is 28.3 Å². The molecule has 0 spiro atoms. The largest absolute Gasteiger partial charge is 0.497 e. The second-order valence-electron chi connectivity index (χ2n) is 9.81. The number of carbonyl (C=O) groups excluding carboxylic acids is 3. The van der Waals surface area contributed by atoms with Gasteiger partial charge in [0.2, 0.25) is 11.8 Å². The van der Waals surface area contributed by atoms with Crippen molar-refractivity contribution in [3.63, 3.8) is 0 Å². The molecule has 194 valence electrons. The predicted octanol–water partition coefficient (Wildman–Crippen LogP) is 2.87. The molecule has 0 aliphatic carbocycles. The van der Waals surface area contributed by atoms with Crippen LogP contribution in [-0.4, -0.2) is 51.0 Å². The van der Waals surface area contributed by atoms with Crippen LogP contribution in [0.2, 0.25) is 0 Å². The molecule has 11 nitrogen and oxygen atoms in total. The van der Waals surface area contributed by atoms with Crippen LogP contribution in [0.15, 0.2) is 40.8 Å². The summed E-state index contributed by atoms with van der Waals surface area (Å²) in [5, 5.41) is 10.1. The lowest BCUT2D eigenvalue weighted by atomic mass is 9.82. The molecule has 1 fully saturated rings. The van der Waals surface area contributed by atoms with Gasteiger partial charge in [0.05, 0.1) is 30.6 Å². The molecule has 0 unspecified atom stereocenters. The molecular weight excluding hydrogens is 488 g/mol. The van der Waals surface area contributed by atoms with Gasteiger partial charge in [0, 0.05) is 31.8 Å². The highest BCUT2D eigenvalue weighted by molar-refractivity contribution is 6.10. The van der Waals surface area contributed by atoms with Crippen molar-refractivity contribution in [3.8, 4) is 5.75 Å². The van der Waals surface area contributed by atoms with Crippen LogP contribution in [0.3, 0.4) is 0 Å². The van der Waals surface area contributed by atoms with Crippen molar-refractivity contribution in [1.82, 2.24) is 25.0 Å². The number of ether oxygens (including phenoxy) is 1. The predicted molar refractivity (Wildman–Crippen MR) is 137 cm³/mol. The average Bonchev–Trinajstić information content (AvgIpc) is 3.60. The van der Waals surface area contributed by atoms with Gasteiger partial charge in [-0.25, -0.2) is 4.98 Å². The van der Waals surface area contributed by atoms with E-state index in [-0.39, 0.29) is 24.6 Å². The summed E-state index contributed by atoms with van der Waals surface area (Å²) in [7, 11) is 3.41. The number of nitrogens with one attached hydrogen (secondary N) is 2. The fourth-order valence-corrected chi connectivity index (χ4v) is 5.28. The lowest BCUT2D eigenvalue weighted by Crippen LogP contribution is -2.46. The van der Waals surface area contributed by atoms with E-state index in [1.807, 2.05) is 27.0 Å². The maximum absolute atomic E-state index is 13.3. The highest BCUT2D eigenvalue weighted by Gasteiger charge is 2.53. The van der Waals surface area contributed by atoms with E-state index in [4.69, 9.17) is 9.15 Å². The van der Waals surface area contributed by atoms with Crippen molar-refractivity contribution in [3.05, 3.63) is 64.7 Å². The standard InChI is InChI=1S/C27H26N6O5/c1-14-24(15(2)32(3)31-14)29-22-8-7-20-19(28-22)10-21(38-20)27(11-23(34)30-26(27)36)13-33-12-16-5-6-17(37-4)9-18(16)25(33)35/h5-10H,11-13H2,1-4H3,(H,28,29)(H,30,34,36)/t27-/m1/s1. The summed E-state index contributed by atoms with van der Waals surface area (Å²) in [6.45, 7) is 4.18. The summed E-state index contributed by atoms with van der Waals surface area (Å²) >= 11 is 0. The van der Waals surface area contributed by atoms with E-state index in [0.717, 1.165) is 22.6 Å². The number of hydrogen-bond acceptors (Lipinski definition) is 8. The van der Waals surface area contributed by atoms with Gasteiger partial charge in [-0.1, -0.05) is 6.07 Å². The normalized spacial score (nSPS) is 18.8. The molecule has 1 saturated heterocycles. The Kier molecular flexibility index (Phi) is 5.26. The Bertz CT molecular complexity index is 1650. The number of fused-ring (bicyclic) bond motifs is 2. The number of amides is 3. The monoisotopic (exact) mass is 514 g/mol. The van der Waals surface area contributed by atoms with Crippen LogP contribution >= 0.6 is 0 Å². The molecule has 4 aromatic rings. The quantitative estimate of drug-likeness (QED) is 0.376. The Morgan fingerprint density at radius 2 is 1.97 bits per heavy atom. The molecule has 2 aliphatic rings. The summed E-state index contributed by atoms with van der Waals surface area (Å²) in [6, 6.07) is 10.5. The molecule has 5 heterocycles. The molecule has 1 aromatic carbocycles. The average molecular weight is 515 g/mol. The molecule has 11 heteroatoms. The zero-order chi connectivity index (χ0) is 26.8. The van der Waals surface area contributed by atoms with Crippen LogP contribution < -0.4 is 15.4 Å². The number of methoxy groups -OCH3 is 1. The third-order valence-corrected chi connectivity index (χ3v) is 7.41. The van der Waals surface area contributed by atoms with E-state index >= 15 is 0 Å². The Hall–Kier alpha value is -4.67. The second-order valence-corrected chi connectivity index (χ2v) is 9.81. The minimum absolute atomic E-state index is 0.0145. The van der Waals surface area contributed by atoms with E-state index in [1.165, 1.54) is 7.11 Å².